The van der Waals surface area contributed by atoms with Gasteiger partial charge in [0.05, 0.1) is 18.3 Å². The first-order chi connectivity index (χ1) is 16.7. The molecule has 188 valence electrons. The zero-order valence-electron chi connectivity index (χ0n) is 17.9. The molecule has 1 fully saturated rings. The second-order valence-electron chi connectivity index (χ2n) is 7.61. The number of phosphoric acid groups is 1. The molecule has 1 aromatic carbocycles. The summed E-state index contributed by atoms with van der Waals surface area (Å²) in [5.74, 6) is 0.263. The van der Waals surface area contributed by atoms with Gasteiger partial charge in [0.25, 0.3) is 0 Å². The van der Waals surface area contributed by atoms with Crippen LogP contribution in [0, 0.1) is 0 Å². The molecule has 4 atom stereocenters. The number of benzene rings is 1. The minimum Gasteiger partial charge on any atom is -0.387 e. The van der Waals surface area contributed by atoms with Crippen LogP contribution in [-0.2, 0) is 25.2 Å². The first-order valence-electron chi connectivity index (χ1n) is 10.2. The largest absolute Gasteiger partial charge is 0.469 e. The molecule has 6 N–H and O–H groups in total. The van der Waals surface area contributed by atoms with Gasteiger partial charge in [0, 0.05) is 12.2 Å². The summed E-state index contributed by atoms with van der Waals surface area (Å²) < 4.78 is 22.3. The Bertz CT molecular complexity index is 1240. The van der Waals surface area contributed by atoms with Gasteiger partial charge in [0.1, 0.15) is 24.6 Å². The van der Waals surface area contributed by atoms with Gasteiger partial charge >= 0.3 is 7.82 Å². The zero-order chi connectivity index (χ0) is 25.2. The number of amides is 1. The van der Waals surface area contributed by atoms with Crippen LogP contribution in [0.25, 0.3) is 11.2 Å². The number of halogens is 1. The summed E-state index contributed by atoms with van der Waals surface area (Å²) in [5.41, 5.74) is 2.28. The van der Waals surface area contributed by atoms with Crippen LogP contribution in [-0.4, -0.2) is 75.7 Å². The normalized spacial score (nSPS) is 22.4. The van der Waals surface area contributed by atoms with Crippen molar-refractivity contribution in [2.75, 3.05) is 22.6 Å². The fourth-order valence-electron chi connectivity index (χ4n) is 3.52. The third kappa shape index (κ3) is 6.02. The number of fused-ring (bicyclic) bond motifs is 1. The van der Waals surface area contributed by atoms with Crippen molar-refractivity contribution in [3.8, 4) is 0 Å². The molecule has 1 aliphatic rings. The lowest BCUT2D eigenvalue weighted by Gasteiger charge is -2.16. The molecule has 1 saturated heterocycles. The Morgan fingerprint density at radius 3 is 2.60 bits per heavy atom. The number of hydrogen-bond acceptors (Lipinski definition) is 10. The second-order valence-corrected chi connectivity index (χ2v) is 9.41. The second kappa shape index (κ2) is 10.6. The summed E-state index contributed by atoms with van der Waals surface area (Å²) in [7, 11) is -4.78. The number of anilines is 2. The average molecular weight is 573 g/mol. The number of hydrogen-bond donors (Lipinski definition) is 6. The number of nitrogens with one attached hydrogen (secondary N) is 2. The summed E-state index contributed by atoms with van der Waals surface area (Å²) in [5, 5.41) is 26.8. The van der Waals surface area contributed by atoms with Crippen LogP contribution >= 0.6 is 23.8 Å². The third-order valence-corrected chi connectivity index (χ3v) is 6.19. The predicted molar refractivity (Wildman–Crippen MR) is 125 cm³/mol. The molecular weight excluding hydrogens is 551 g/mol. The van der Waals surface area contributed by atoms with E-state index in [1.54, 1.807) is 12.1 Å². The number of aliphatic hydroxyl groups is 2. The van der Waals surface area contributed by atoms with E-state index in [1.807, 2.05) is 12.1 Å². The van der Waals surface area contributed by atoms with Gasteiger partial charge in [-0.15, -0.1) is 0 Å². The third-order valence-electron chi connectivity index (χ3n) is 5.20. The van der Waals surface area contributed by atoms with Crippen molar-refractivity contribution in [2.45, 2.75) is 31.1 Å². The molecule has 35 heavy (non-hydrogen) atoms. The van der Waals surface area contributed by atoms with Crippen molar-refractivity contribution in [1.82, 2.24) is 19.5 Å². The van der Waals surface area contributed by atoms with Crippen molar-refractivity contribution in [1.29, 1.82) is 0 Å². The summed E-state index contributed by atoms with van der Waals surface area (Å²) >= 11 is 3.09. The van der Waals surface area contributed by atoms with E-state index in [9.17, 15) is 19.6 Å². The Kier molecular flexibility index (Phi) is 7.78. The van der Waals surface area contributed by atoms with Crippen LogP contribution in [0.4, 0.5) is 11.5 Å². The number of carbonyl (C=O) groups excluding carboxylic acids is 1. The zero-order valence-corrected chi connectivity index (χ0v) is 20.4. The molecule has 0 radical (unpaired) electrons. The number of imidazole rings is 1. The number of alkyl halides is 1. The number of phosphoric ester groups is 1. The molecule has 0 unspecified atom stereocenters. The lowest BCUT2D eigenvalue weighted by atomic mass is 10.1. The quantitative estimate of drug-likeness (QED) is 0.153. The molecule has 14 nitrogen and oxygen atoms in total. The summed E-state index contributed by atoms with van der Waals surface area (Å²) in [6.45, 7) is -0.222. The topological polar surface area (TPSA) is 201 Å². The molecule has 0 bridgehead atoms. The van der Waals surface area contributed by atoms with E-state index in [1.165, 1.54) is 17.2 Å². The molecule has 1 amide bonds. The fourth-order valence-corrected chi connectivity index (χ4v) is 4.00. The number of aliphatic hydroxyl groups excluding tert-OH is 2. The van der Waals surface area contributed by atoms with Gasteiger partial charge < -0.3 is 35.4 Å². The van der Waals surface area contributed by atoms with Crippen molar-refractivity contribution in [2.24, 2.45) is 0 Å². The maximum atomic E-state index is 11.5. The smallest absolute Gasteiger partial charge is 0.387 e. The van der Waals surface area contributed by atoms with E-state index in [-0.39, 0.29) is 11.2 Å². The van der Waals surface area contributed by atoms with E-state index in [0.29, 0.717) is 29.2 Å². The fraction of sp³-hybridized carbons (Fsp3) is 0.368. The number of rotatable bonds is 9. The van der Waals surface area contributed by atoms with Crippen LogP contribution < -0.4 is 10.6 Å². The highest BCUT2D eigenvalue weighted by molar-refractivity contribution is 9.09. The van der Waals surface area contributed by atoms with Gasteiger partial charge in [-0.25, -0.2) is 19.5 Å². The number of nitrogens with zero attached hydrogens (tertiary/aromatic N) is 4. The van der Waals surface area contributed by atoms with Crippen LogP contribution in [0.5, 0.6) is 0 Å². The van der Waals surface area contributed by atoms with Crippen molar-refractivity contribution >= 4 is 52.3 Å². The Balaban J connectivity index is 1.46. The summed E-state index contributed by atoms with van der Waals surface area (Å²) in [4.78, 5) is 41.9. The molecule has 0 spiro atoms. The molecule has 1 aliphatic heterocycles. The molecule has 16 heteroatoms. The van der Waals surface area contributed by atoms with Crippen molar-refractivity contribution < 1.29 is 38.6 Å². The van der Waals surface area contributed by atoms with Gasteiger partial charge in [-0.1, -0.05) is 28.1 Å². The van der Waals surface area contributed by atoms with Crippen LogP contribution in [0.1, 0.15) is 11.8 Å². The molecule has 3 heterocycles. The molecule has 2 aromatic heterocycles. The Morgan fingerprint density at radius 2 is 1.91 bits per heavy atom. The Morgan fingerprint density at radius 1 is 1.17 bits per heavy atom. The van der Waals surface area contributed by atoms with E-state index in [2.05, 4.69) is 46.0 Å². The van der Waals surface area contributed by atoms with E-state index in [0.717, 1.165) is 5.56 Å². The standard InChI is InChI=1S/C19H22BrN6O8P/c20-5-13(27)25-11-3-1-10(2-4-11)6-21-17-14-18(23-8-22-17)26(9-24-14)19-16(29)15(28)12(34-19)7-33-35(30,31)32/h1-4,8-9,12,15-16,19,28-29H,5-7H2,(H,25,27)(H,21,22,23)(H2,30,31,32)/t12-,15-,16-,19-/m1/s1. The number of carbonyl (C=O) groups is 1. The van der Waals surface area contributed by atoms with E-state index in [4.69, 9.17) is 14.5 Å². The van der Waals surface area contributed by atoms with E-state index < -0.39 is 39.0 Å². The van der Waals surface area contributed by atoms with Crippen LogP contribution in [0.2, 0.25) is 0 Å². The summed E-state index contributed by atoms with van der Waals surface area (Å²) in [6.07, 6.45) is -2.52. The maximum absolute atomic E-state index is 11.5. The first-order valence-corrected chi connectivity index (χ1v) is 12.9. The first kappa shape index (κ1) is 25.6. The molecular formula is C19H22BrN6O8P. The monoisotopic (exact) mass is 572 g/mol. The highest BCUT2D eigenvalue weighted by Gasteiger charge is 2.45. The van der Waals surface area contributed by atoms with Crippen LogP contribution in [0.3, 0.4) is 0 Å². The number of ether oxygens (including phenoxy) is 1. The minimum absolute atomic E-state index is 0.153. The van der Waals surface area contributed by atoms with Crippen molar-refractivity contribution in [3.63, 3.8) is 0 Å². The highest BCUT2D eigenvalue weighted by Crippen LogP contribution is 2.39. The average Bonchev–Trinajstić information content (AvgIpc) is 3.38. The summed E-state index contributed by atoms with van der Waals surface area (Å²) in [6, 6.07) is 7.24. The molecule has 4 rings (SSSR count). The predicted octanol–water partition coefficient (Wildman–Crippen LogP) is 0.500. The van der Waals surface area contributed by atoms with Crippen molar-refractivity contribution in [3.05, 3.63) is 42.5 Å². The minimum atomic E-state index is -4.78. The van der Waals surface area contributed by atoms with Gasteiger partial charge in [-0.05, 0) is 17.7 Å². The van der Waals surface area contributed by atoms with E-state index >= 15 is 0 Å². The van der Waals surface area contributed by atoms with Crippen LogP contribution in [0.15, 0.2) is 36.9 Å². The molecule has 3 aromatic rings. The van der Waals surface area contributed by atoms with Gasteiger partial charge in [0.2, 0.25) is 5.91 Å². The molecule has 0 saturated carbocycles. The Labute approximate surface area is 206 Å². The van der Waals surface area contributed by atoms with Gasteiger partial charge in [0.15, 0.2) is 23.2 Å². The lowest BCUT2D eigenvalue weighted by Crippen LogP contribution is -2.33. The van der Waals surface area contributed by atoms with Gasteiger partial charge in [-0.2, -0.15) is 0 Å². The highest BCUT2D eigenvalue weighted by atomic mass is 79.9. The maximum Gasteiger partial charge on any atom is 0.469 e. The SMILES string of the molecule is O=C(CBr)Nc1ccc(CNc2ncnc3c2ncn3[C@@H]2O[C@H](COP(=O)(O)O)[C@@H](O)[C@H]2O)cc1. The number of aromatic nitrogens is 4. The lowest BCUT2D eigenvalue weighted by molar-refractivity contribution is -0.113. The Hall–Kier alpha value is -2.49. The van der Waals surface area contributed by atoms with Gasteiger partial charge in [-0.3, -0.25) is 13.9 Å². The molecule has 0 aliphatic carbocycles.